The number of benzene rings is 1. The summed E-state index contributed by atoms with van der Waals surface area (Å²) >= 11 is 0. The van der Waals surface area contributed by atoms with E-state index < -0.39 is 5.60 Å². The standard InChI is InChI=1S/C19H27N3O4.ClH/c1-15(20-2)17(23)21-10-8-19(9-11-21)14-22(18(24)26-19)12-13-25-16-6-4-3-5-7-16;/h3-7,15,20H,8-14H2,1-2H3;1H/t15-;/m0./s1. The average molecular weight is 398 g/mol. The van der Waals surface area contributed by atoms with Gasteiger partial charge in [-0.1, -0.05) is 18.2 Å². The Hall–Kier alpha value is -1.99. The molecule has 27 heavy (non-hydrogen) atoms. The lowest BCUT2D eigenvalue weighted by Crippen LogP contribution is -2.52. The minimum absolute atomic E-state index is 0. The maximum atomic E-state index is 12.3. The molecule has 0 saturated carbocycles. The maximum Gasteiger partial charge on any atom is 0.410 e. The number of hydrogen-bond donors (Lipinski definition) is 1. The van der Waals surface area contributed by atoms with Gasteiger partial charge in [0.25, 0.3) is 0 Å². The van der Waals surface area contributed by atoms with Crippen LogP contribution in [0.15, 0.2) is 30.3 Å². The molecule has 1 atom stereocenters. The number of carbonyl (C=O) groups excluding carboxylic acids is 2. The van der Waals surface area contributed by atoms with Crippen LogP contribution < -0.4 is 10.1 Å². The first-order valence-corrected chi connectivity index (χ1v) is 9.15. The zero-order valence-electron chi connectivity index (χ0n) is 15.8. The molecule has 0 unspecified atom stereocenters. The van der Waals surface area contributed by atoms with Crippen molar-refractivity contribution in [3.8, 4) is 5.75 Å². The zero-order valence-corrected chi connectivity index (χ0v) is 16.7. The van der Waals surface area contributed by atoms with Crippen LogP contribution in [0.1, 0.15) is 19.8 Å². The molecule has 150 valence electrons. The lowest BCUT2D eigenvalue weighted by molar-refractivity contribution is -0.136. The maximum absolute atomic E-state index is 12.3. The highest BCUT2D eigenvalue weighted by Crippen LogP contribution is 2.33. The molecular formula is C19H28ClN3O4. The first kappa shape index (κ1) is 21.3. The van der Waals surface area contributed by atoms with Gasteiger partial charge in [0.1, 0.15) is 18.0 Å². The summed E-state index contributed by atoms with van der Waals surface area (Å²) in [7, 11) is 1.78. The number of halogens is 1. The highest BCUT2D eigenvalue weighted by Gasteiger charge is 2.47. The summed E-state index contributed by atoms with van der Waals surface area (Å²) in [6.07, 6.45) is 1.07. The predicted molar refractivity (Wildman–Crippen MR) is 104 cm³/mol. The Balaban J connectivity index is 0.00000261. The fourth-order valence-corrected chi connectivity index (χ4v) is 3.45. The van der Waals surface area contributed by atoms with Crippen molar-refractivity contribution in [2.45, 2.75) is 31.4 Å². The van der Waals surface area contributed by atoms with Gasteiger partial charge in [-0.25, -0.2) is 4.79 Å². The van der Waals surface area contributed by atoms with E-state index in [0.29, 0.717) is 45.6 Å². The first-order valence-electron chi connectivity index (χ1n) is 9.15. The molecule has 0 bridgehead atoms. The van der Waals surface area contributed by atoms with Gasteiger partial charge in [0.15, 0.2) is 0 Å². The third-order valence-corrected chi connectivity index (χ3v) is 5.20. The summed E-state index contributed by atoms with van der Waals surface area (Å²) in [4.78, 5) is 28.0. The van der Waals surface area contributed by atoms with Gasteiger partial charge in [-0.15, -0.1) is 12.4 Å². The average Bonchev–Trinajstić information content (AvgIpc) is 2.97. The summed E-state index contributed by atoms with van der Waals surface area (Å²) in [6, 6.07) is 9.35. The van der Waals surface area contributed by atoms with E-state index in [9.17, 15) is 9.59 Å². The van der Waals surface area contributed by atoms with E-state index in [1.165, 1.54) is 0 Å². The molecule has 2 saturated heterocycles. The third kappa shape index (κ3) is 5.05. The number of likely N-dealkylation sites (tertiary alicyclic amines) is 1. The van der Waals surface area contributed by atoms with Crippen LogP contribution in [0.2, 0.25) is 0 Å². The molecule has 1 N–H and O–H groups in total. The van der Waals surface area contributed by atoms with E-state index >= 15 is 0 Å². The molecule has 2 aliphatic heterocycles. The number of nitrogens with zero attached hydrogens (tertiary/aromatic N) is 2. The van der Waals surface area contributed by atoms with E-state index in [1.54, 1.807) is 11.9 Å². The SMILES string of the molecule is CN[C@@H](C)C(=O)N1CCC2(CC1)CN(CCOc1ccccc1)C(=O)O2.Cl. The van der Waals surface area contributed by atoms with Gasteiger partial charge >= 0.3 is 6.09 Å². The van der Waals surface area contributed by atoms with E-state index in [-0.39, 0.29) is 30.4 Å². The number of likely N-dealkylation sites (N-methyl/N-ethyl adjacent to an activating group) is 1. The van der Waals surface area contributed by atoms with E-state index in [0.717, 1.165) is 5.75 Å². The highest BCUT2D eigenvalue weighted by atomic mass is 35.5. The second-order valence-electron chi connectivity index (χ2n) is 6.97. The van der Waals surface area contributed by atoms with Crippen molar-refractivity contribution < 1.29 is 19.1 Å². The molecule has 2 amide bonds. The summed E-state index contributed by atoms with van der Waals surface area (Å²) < 4.78 is 11.4. The molecule has 7 nitrogen and oxygen atoms in total. The largest absolute Gasteiger partial charge is 0.492 e. The highest BCUT2D eigenvalue weighted by molar-refractivity contribution is 5.85. The van der Waals surface area contributed by atoms with Crippen LogP contribution in [0.25, 0.3) is 0 Å². The zero-order chi connectivity index (χ0) is 18.6. The fourth-order valence-electron chi connectivity index (χ4n) is 3.45. The molecule has 0 aliphatic carbocycles. The van der Waals surface area contributed by atoms with Crippen molar-refractivity contribution in [2.75, 3.05) is 39.8 Å². The van der Waals surface area contributed by atoms with E-state index in [1.807, 2.05) is 42.2 Å². The Morgan fingerprint density at radius 1 is 1.30 bits per heavy atom. The Bertz CT molecular complexity index is 635. The number of nitrogens with one attached hydrogen (secondary N) is 1. The first-order chi connectivity index (χ1) is 12.5. The topological polar surface area (TPSA) is 71.1 Å². The lowest BCUT2D eigenvalue weighted by atomic mass is 9.91. The third-order valence-electron chi connectivity index (χ3n) is 5.20. The van der Waals surface area contributed by atoms with Crippen molar-refractivity contribution in [2.24, 2.45) is 0 Å². The lowest BCUT2D eigenvalue weighted by Gasteiger charge is -2.38. The fraction of sp³-hybridized carbons (Fsp3) is 0.579. The molecule has 3 rings (SSSR count). The molecule has 1 aromatic rings. The summed E-state index contributed by atoms with van der Waals surface area (Å²) in [5.41, 5.74) is -0.469. The van der Waals surface area contributed by atoms with Crippen LogP contribution in [-0.2, 0) is 9.53 Å². The monoisotopic (exact) mass is 397 g/mol. The van der Waals surface area contributed by atoms with Crippen LogP contribution in [0.5, 0.6) is 5.75 Å². The van der Waals surface area contributed by atoms with Crippen LogP contribution >= 0.6 is 12.4 Å². The van der Waals surface area contributed by atoms with Gasteiger partial charge in [0.05, 0.1) is 19.1 Å². The van der Waals surface area contributed by atoms with Crippen molar-refractivity contribution >= 4 is 24.4 Å². The van der Waals surface area contributed by atoms with Crippen molar-refractivity contribution in [3.63, 3.8) is 0 Å². The van der Waals surface area contributed by atoms with Crippen LogP contribution in [0.4, 0.5) is 4.79 Å². The van der Waals surface area contributed by atoms with Crippen molar-refractivity contribution in [1.29, 1.82) is 0 Å². The molecule has 0 radical (unpaired) electrons. The normalized spacial score (nSPS) is 19.4. The number of ether oxygens (including phenoxy) is 2. The number of carbonyl (C=O) groups is 2. The van der Waals surface area contributed by atoms with E-state index in [2.05, 4.69) is 5.32 Å². The molecule has 8 heteroatoms. The van der Waals surface area contributed by atoms with Gasteiger partial charge in [-0.2, -0.15) is 0 Å². The second-order valence-corrected chi connectivity index (χ2v) is 6.97. The number of rotatable bonds is 6. The Kier molecular flexibility index (Phi) is 7.33. The molecule has 1 aromatic carbocycles. The van der Waals surface area contributed by atoms with Crippen molar-refractivity contribution in [3.05, 3.63) is 30.3 Å². The Morgan fingerprint density at radius 3 is 2.59 bits per heavy atom. The number of hydrogen-bond acceptors (Lipinski definition) is 5. The van der Waals surface area contributed by atoms with Crippen LogP contribution in [0.3, 0.4) is 0 Å². The summed E-state index contributed by atoms with van der Waals surface area (Å²) in [6.45, 7) is 4.58. The van der Waals surface area contributed by atoms with Gasteiger partial charge < -0.3 is 24.6 Å². The Labute approximate surface area is 166 Å². The van der Waals surface area contributed by atoms with Gasteiger partial charge in [-0.05, 0) is 26.1 Å². The molecule has 1 spiro atoms. The summed E-state index contributed by atoms with van der Waals surface area (Å²) in [5.74, 6) is 0.889. The molecule has 2 heterocycles. The number of amides is 2. The molecule has 2 fully saturated rings. The van der Waals surface area contributed by atoms with Crippen LogP contribution in [0, 0.1) is 0 Å². The number of para-hydroxylation sites is 1. The predicted octanol–water partition coefficient (Wildman–Crippen LogP) is 1.91. The van der Waals surface area contributed by atoms with Gasteiger partial charge in [0, 0.05) is 25.9 Å². The minimum Gasteiger partial charge on any atom is -0.492 e. The van der Waals surface area contributed by atoms with Crippen LogP contribution in [-0.4, -0.2) is 73.3 Å². The summed E-state index contributed by atoms with van der Waals surface area (Å²) in [5, 5.41) is 2.98. The molecular weight excluding hydrogens is 370 g/mol. The quantitative estimate of drug-likeness (QED) is 0.794. The van der Waals surface area contributed by atoms with Gasteiger partial charge in [0.2, 0.25) is 5.91 Å². The van der Waals surface area contributed by atoms with E-state index in [4.69, 9.17) is 9.47 Å². The Morgan fingerprint density at radius 2 is 1.96 bits per heavy atom. The molecule has 2 aliphatic rings. The second kappa shape index (κ2) is 9.28. The number of piperidine rings is 1. The van der Waals surface area contributed by atoms with Crippen molar-refractivity contribution in [1.82, 2.24) is 15.1 Å². The minimum atomic E-state index is -0.469. The molecule has 0 aromatic heterocycles. The van der Waals surface area contributed by atoms with Gasteiger partial charge in [-0.3, -0.25) is 4.79 Å². The smallest absolute Gasteiger partial charge is 0.410 e.